The highest BCUT2D eigenvalue weighted by atomic mass is 16.7. The summed E-state index contributed by atoms with van der Waals surface area (Å²) in [4.78, 5) is 15.6. The normalized spacial score (nSPS) is 12.4. The van der Waals surface area contributed by atoms with E-state index < -0.39 is 0 Å². The van der Waals surface area contributed by atoms with E-state index in [1.54, 1.807) is 6.20 Å². The second-order valence-corrected chi connectivity index (χ2v) is 6.07. The first-order valence-corrected chi connectivity index (χ1v) is 8.35. The molecule has 0 fully saturated rings. The number of rotatable bonds is 4. The largest absolute Gasteiger partial charge is 0.454 e. The number of aromatic amines is 1. The molecule has 1 aliphatic rings. The Morgan fingerprint density at radius 3 is 2.96 bits per heavy atom. The van der Waals surface area contributed by atoms with Crippen LogP contribution in [0.3, 0.4) is 0 Å². The van der Waals surface area contributed by atoms with Crippen LogP contribution in [0.4, 0.5) is 6.01 Å². The van der Waals surface area contributed by atoms with Crippen LogP contribution in [0.25, 0.3) is 10.9 Å². The Morgan fingerprint density at radius 2 is 2.00 bits per heavy atom. The Balaban J connectivity index is 1.31. The molecule has 2 N–H and O–H groups in total. The first kappa shape index (κ1) is 15.4. The quantitative estimate of drug-likeness (QED) is 0.578. The van der Waals surface area contributed by atoms with Crippen LogP contribution in [-0.4, -0.2) is 27.9 Å². The number of H-pyrrole nitrogens is 1. The highest BCUT2D eigenvalue weighted by Gasteiger charge is 2.17. The van der Waals surface area contributed by atoms with Crippen molar-refractivity contribution in [3.8, 4) is 11.5 Å². The molecule has 8 heteroatoms. The summed E-state index contributed by atoms with van der Waals surface area (Å²) < 4.78 is 16.2. The maximum absolute atomic E-state index is 12.5. The first-order chi connectivity index (χ1) is 13.3. The van der Waals surface area contributed by atoms with Crippen LogP contribution in [0.2, 0.25) is 0 Å². The summed E-state index contributed by atoms with van der Waals surface area (Å²) in [6, 6.07) is 13.2. The van der Waals surface area contributed by atoms with E-state index in [1.165, 1.54) is 0 Å². The molecule has 1 amide bonds. The fraction of sp³-hybridized carbons (Fsp3) is 0.105. The number of anilines is 1. The van der Waals surface area contributed by atoms with Gasteiger partial charge in [0, 0.05) is 17.1 Å². The Hall–Kier alpha value is -3.81. The minimum absolute atomic E-state index is 0.0565. The van der Waals surface area contributed by atoms with Crippen molar-refractivity contribution in [1.29, 1.82) is 0 Å². The Labute approximate surface area is 153 Å². The number of carbonyl (C=O) groups is 1. The zero-order valence-corrected chi connectivity index (χ0v) is 14.1. The van der Waals surface area contributed by atoms with Crippen molar-refractivity contribution in [2.24, 2.45) is 0 Å². The smallest absolute Gasteiger partial charge is 0.322 e. The summed E-state index contributed by atoms with van der Waals surface area (Å²) in [5.74, 6) is 1.49. The monoisotopic (exact) mass is 362 g/mol. The van der Waals surface area contributed by atoms with Gasteiger partial charge < -0.3 is 18.9 Å². The van der Waals surface area contributed by atoms with Gasteiger partial charge in [-0.15, -0.1) is 5.10 Å². The number of hydrogen-bond donors (Lipinski definition) is 2. The third kappa shape index (κ3) is 2.86. The molecule has 0 aliphatic carbocycles. The molecule has 3 heterocycles. The number of amides is 1. The number of benzene rings is 2. The fourth-order valence-corrected chi connectivity index (χ4v) is 3.02. The van der Waals surface area contributed by atoms with Crippen LogP contribution in [0.15, 0.2) is 53.1 Å². The van der Waals surface area contributed by atoms with E-state index in [0.29, 0.717) is 23.6 Å². The third-order valence-electron chi connectivity index (χ3n) is 4.31. The summed E-state index contributed by atoms with van der Waals surface area (Å²) in [5.41, 5.74) is 2.34. The summed E-state index contributed by atoms with van der Waals surface area (Å²) in [6.45, 7) is 0.226. The van der Waals surface area contributed by atoms with Crippen molar-refractivity contribution < 1.29 is 18.7 Å². The lowest BCUT2D eigenvalue weighted by atomic mass is 10.1. The molecule has 0 bridgehead atoms. The number of fused-ring (bicyclic) bond motifs is 2. The molecule has 0 saturated carbocycles. The van der Waals surface area contributed by atoms with Gasteiger partial charge >= 0.3 is 6.01 Å². The van der Waals surface area contributed by atoms with Gasteiger partial charge in [0.15, 0.2) is 11.5 Å². The SMILES string of the molecule is O=C(Nc1nnc(Cc2ccc3c(c2)OCO3)o1)c1c[nH]c2ccccc12. The lowest BCUT2D eigenvalue weighted by Crippen LogP contribution is -2.11. The molecule has 27 heavy (non-hydrogen) atoms. The Bertz CT molecular complexity index is 1150. The molecule has 0 atom stereocenters. The second-order valence-electron chi connectivity index (χ2n) is 6.07. The van der Waals surface area contributed by atoms with Crippen LogP contribution < -0.4 is 14.8 Å². The zero-order chi connectivity index (χ0) is 18.2. The molecular formula is C19H14N4O4. The number of aromatic nitrogens is 3. The molecule has 134 valence electrons. The lowest BCUT2D eigenvalue weighted by molar-refractivity contribution is 0.102. The summed E-state index contributed by atoms with van der Waals surface area (Å²) in [6.07, 6.45) is 2.08. The minimum atomic E-state index is -0.314. The van der Waals surface area contributed by atoms with E-state index in [1.807, 2.05) is 42.5 Å². The van der Waals surface area contributed by atoms with E-state index in [0.717, 1.165) is 22.2 Å². The standard InChI is InChI=1S/C19H14N4O4/c24-18(13-9-20-14-4-2-1-3-12(13)14)21-19-23-22-17(27-19)8-11-5-6-15-16(7-11)26-10-25-15/h1-7,9,20H,8,10H2,(H,21,23,24). The van der Waals surface area contributed by atoms with E-state index in [-0.39, 0.29) is 18.7 Å². The second kappa shape index (κ2) is 6.17. The molecule has 5 rings (SSSR count). The number of carbonyl (C=O) groups excluding carboxylic acids is 1. The van der Waals surface area contributed by atoms with Crippen molar-refractivity contribution in [3.63, 3.8) is 0 Å². The lowest BCUT2D eigenvalue weighted by Gasteiger charge is -2.00. The van der Waals surface area contributed by atoms with Crippen LogP contribution in [0, 0.1) is 0 Å². The number of nitrogens with zero attached hydrogens (tertiary/aromatic N) is 2. The Morgan fingerprint density at radius 1 is 1.11 bits per heavy atom. The predicted octanol–water partition coefficient (Wildman–Crippen LogP) is 3.12. The van der Waals surface area contributed by atoms with Gasteiger partial charge in [-0.3, -0.25) is 10.1 Å². The zero-order valence-electron chi connectivity index (χ0n) is 14.1. The number of nitrogens with one attached hydrogen (secondary N) is 2. The number of hydrogen-bond acceptors (Lipinski definition) is 6. The summed E-state index contributed by atoms with van der Waals surface area (Å²) in [7, 11) is 0. The first-order valence-electron chi connectivity index (χ1n) is 8.35. The summed E-state index contributed by atoms with van der Waals surface area (Å²) >= 11 is 0. The van der Waals surface area contributed by atoms with Gasteiger partial charge in [-0.05, 0) is 23.8 Å². The molecule has 8 nitrogen and oxygen atoms in total. The van der Waals surface area contributed by atoms with Gasteiger partial charge in [0.25, 0.3) is 5.91 Å². The number of ether oxygens (including phenoxy) is 2. The van der Waals surface area contributed by atoms with Crippen molar-refractivity contribution in [1.82, 2.24) is 15.2 Å². The molecule has 0 saturated heterocycles. The molecule has 2 aromatic heterocycles. The molecule has 0 spiro atoms. The van der Waals surface area contributed by atoms with E-state index in [9.17, 15) is 4.79 Å². The molecule has 0 unspecified atom stereocenters. The van der Waals surface area contributed by atoms with Gasteiger partial charge in [0.05, 0.1) is 12.0 Å². The topological polar surface area (TPSA) is 102 Å². The highest BCUT2D eigenvalue weighted by Crippen LogP contribution is 2.33. The van der Waals surface area contributed by atoms with E-state index >= 15 is 0 Å². The van der Waals surface area contributed by atoms with Gasteiger partial charge in [-0.25, -0.2) is 0 Å². The maximum Gasteiger partial charge on any atom is 0.322 e. The molecule has 1 aliphatic heterocycles. The van der Waals surface area contributed by atoms with Gasteiger partial charge in [0.1, 0.15) is 0 Å². The van der Waals surface area contributed by atoms with E-state index in [2.05, 4.69) is 20.5 Å². The highest BCUT2D eigenvalue weighted by molar-refractivity contribution is 6.12. The summed E-state index contributed by atoms with van der Waals surface area (Å²) in [5, 5.41) is 11.4. The molecular weight excluding hydrogens is 348 g/mol. The maximum atomic E-state index is 12.5. The molecule has 0 radical (unpaired) electrons. The van der Waals surface area contributed by atoms with Crippen LogP contribution in [0.1, 0.15) is 21.8 Å². The van der Waals surface area contributed by atoms with Crippen LogP contribution in [-0.2, 0) is 6.42 Å². The minimum Gasteiger partial charge on any atom is -0.454 e. The average molecular weight is 362 g/mol. The third-order valence-corrected chi connectivity index (χ3v) is 4.31. The van der Waals surface area contributed by atoms with Gasteiger partial charge in [-0.1, -0.05) is 29.4 Å². The average Bonchev–Trinajstić information content (AvgIpc) is 3.40. The van der Waals surface area contributed by atoms with Crippen molar-refractivity contribution in [3.05, 3.63) is 65.7 Å². The van der Waals surface area contributed by atoms with Crippen LogP contribution >= 0.6 is 0 Å². The van der Waals surface area contributed by atoms with Crippen molar-refractivity contribution in [2.45, 2.75) is 6.42 Å². The molecule has 4 aromatic rings. The van der Waals surface area contributed by atoms with Crippen molar-refractivity contribution >= 4 is 22.8 Å². The van der Waals surface area contributed by atoms with Crippen molar-refractivity contribution in [2.75, 3.05) is 12.1 Å². The van der Waals surface area contributed by atoms with Gasteiger partial charge in [0.2, 0.25) is 12.7 Å². The van der Waals surface area contributed by atoms with Gasteiger partial charge in [-0.2, -0.15) is 0 Å². The predicted molar refractivity (Wildman–Crippen MR) is 95.9 cm³/mol. The number of para-hydroxylation sites is 1. The van der Waals surface area contributed by atoms with E-state index in [4.69, 9.17) is 13.9 Å². The van der Waals surface area contributed by atoms with Crippen LogP contribution in [0.5, 0.6) is 11.5 Å². The fourth-order valence-electron chi connectivity index (χ4n) is 3.02. The molecule has 2 aromatic carbocycles. The Kier molecular flexibility index (Phi) is 3.53.